The molecule has 0 aliphatic rings. The third-order valence-electron chi connectivity index (χ3n) is 2.16. The van der Waals surface area contributed by atoms with Crippen LogP contribution in [0.5, 0.6) is 5.88 Å². The molecule has 1 unspecified atom stereocenters. The van der Waals surface area contributed by atoms with Crippen LogP contribution in [0.3, 0.4) is 0 Å². The Labute approximate surface area is 105 Å². The second kappa shape index (κ2) is 5.62. The van der Waals surface area contributed by atoms with Gasteiger partial charge >= 0.3 is 0 Å². The first-order valence-electron chi connectivity index (χ1n) is 5.11. The molecular formula is C10H16N4O2S. The molecule has 0 radical (unpaired) electrons. The number of nitrogens with two attached hydrogens (primary N) is 1. The van der Waals surface area contributed by atoms with Crippen LogP contribution in [-0.4, -0.2) is 33.8 Å². The fraction of sp³-hybridized carbons (Fsp3) is 0.500. The number of nitrogens with one attached hydrogen (secondary N) is 1. The van der Waals surface area contributed by atoms with Crippen molar-refractivity contribution < 1.29 is 9.53 Å². The lowest BCUT2D eigenvalue weighted by atomic mass is 10.2. The van der Waals surface area contributed by atoms with Crippen molar-refractivity contribution >= 4 is 23.1 Å². The number of hydrogen-bond donors (Lipinski definition) is 2. The molecule has 0 bridgehead atoms. The molecule has 0 spiro atoms. The number of nitrogens with zero attached hydrogens (tertiary/aromatic N) is 2. The normalized spacial score (nSPS) is 11.9. The summed E-state index contributed by atoms with van der Waals surface area (Å²) in [5.41, 5.74) is 5.70. The number of amides is 1. The van der Waals surface area contributed by atoms with E-state index in [-0.39, 0.29) is 11.9 Å². The lowest BCUT2D eigenvalue weighted by molar-refractivity contribution is 0.0935. The molecule has 0 saturated heterocycles. The van der Waals surface area contributed by atoms with Crippen molar-refractivity contribution in [2.45, 2.75) is 19.4 Å². The topological polar surface area (TPSA) is 82.2 Å². The van der Waals surface area contributed by atoms with Gasteiger partial charge in [-0.15, -0.1) is 0 Å². The van der Waals surface area contributed by atoms with Crippen LogP contribution in [0.1, 0.15) is 23.8 Å². The largest absolute Gasteiger partial charge is 0.481 e. The van der Waals surface area contributed by atoms with Crippen molar-refractivity contribution in [2.75, 3.05) is 7.11 Å². The molecule has 94 valence electrons. The predicted octanol–water partition coefficient (Wildman–Crippen LogP) is 0.223. The van der Waals surface area contributed by atoms with Crippen LogP contribution in [0.4, 0.5) is 0 Å². The standard InChI is InChI=1S/C10H16N4O2S/c1-6(4-8(11)17)12-10(15)7-5-9(16-3)14(2)13-7/h5-6H,4H2,1-3H3,(H2,11,17)(H,12,15). The molecule has 0 saturated carbocycles. The summed E-state index contributed by atoms with van der Waals surface area (Å²) < 4.78 is 6.52. The molecule has 0 fully saturated rings. The number of carbonyl (C=O) groups excluding carboxylic acids is 1. The average molecular weight is 256 g/mol. The zero-order valence-corrected chi connectivity index (χ0v) is 10.9. The second-order valence-corrected chi connectivity index (χ2v) is 4.26. The highest BCUT2D eigenvalue weighted by molar-refractivity contribution is 7.80. The lowest BCUT2D eigenvalue weighted by Crippen LogP contribution is -2.35. The Kier molecular flexibility index (Phi) is 4.45. The van der Waals surface area contributed by atoms with E-state index in [1.54, 1.807) is 13.1 Å². The van der Waals surface area contributed by atoms with E-state index in [0.29, 0.717) is 23.0 Å². The Morgan fingerprint density at radius 3 is 2.88 bits per heavy atom. The van der Waals surface area contributed by atoms with Crippen molar-refractivity contribution in [2.24, 2.45) is 12.8 Å². The van der Waals surface area contributed by atoms with E-state index in [1.165, 1.54) is 11.8 Å². The molecule has 0 aliphatic carbocycles. The van der Waals surface area contributed by atoms with E-state index in [9.17, 15) is 4.79 Å². The summed E-state index contributed by atoms with van der Waals surface area (Å²) in [5.74, 6) is 0.254. The number of rotatable bonds is 5. The van der Waals surface area contributed by atoms with E-state index >= 15 is 0 Å². The highest BCUT2D eigenvalue weighted by atomic mass is 32.1. The van der Waals surface area contributed by atoms with Gasteiger partial charge < -0.3 is 15.8 Å². The maximum Gasteiger partial charge on any atom is 0.272 e. The smallest absolute Gasteiger partial charge is 0.272 e. The van der Waals surface area contributed by atoms with Crippen molar-refractivity contribution in [3.8, 4) is 5.88 Å². The summed E-state index contributed by atoms with van der Waals surface area (Å²) in [6, 6.07) is 1.45. The van der Waals surface area contributed by atoms with Gasteiger partial charge in [-0.2, -0.15) is 5.10 Å². The molecule has 0 aromatic carbocycles. The number of aromatic nitrogens is 2. The van der Waals surface area contributed by atoms with Crippen LogP contribution in [0.25, 0.3) is 0 Å². The van der Waals surface area contributed by atoms with E-state index in [1.807, 2.05) is 6.92 Å². The van der Waals surface area contributed by atoms with Crippen LogP contribution in [-0.2, 0) is 7.05 Å². The van der Waals surface area contributed by atoms with Gasteiger partial charge in [0.15, 0.2) is 5.69 Å². The summed E-state index contributed by atoms with van der Waals surface area (Å²) in [7, 11) is 3.22. The van der Waals surface area contributed by atoms with Gasteiger partial charge in [0.1, 0.15) is 0 Å². The van der Waals surface area contributed by atoms with Crippen LogP contribution in [0, 0.1) is 0 Å². The Morgan fingerprint density at radius 2 is 2.41 bits per heavy atom. The summed E-state index contributed by atoms with van der Waals surface area (Å²) in [6.45, 7) is 1.83. The fourth-order valence-electron chi connectivity index (χ4n) is 1.40. The number of hydrogen-bond acceptors (Lipinski definition) is 4. The maximum absolute atomic E-state index is 11.8. The molecule has 1 heterocycles. The number of aryl methyl sites for hydroxylation is 1. The monoisotopic (exact) mass is 256 g/mol. The van der Waals surface area contributed by atoms with E-state index in [0.717, 1.165) is 0 Å². The lowest BCUT2D eigenvalue weighted by Gasteiger charge is -2.11. The van der Waals surface area contributed by atoms with Gasteiger partial charge in [0.2, 0.25) is 5.88 Å². The highest BCUT2D eigenvalue weighted by Crippen LogP contribution is 2.11. The third kappa shape index (κ3) is 3.70. The summed E-state index contributed by atoms with van der Waals surface area (Å²) in [6.07, 6.45) is 0.463. The molecule has 1 rings (SSSR count). The molecule has 7 heteroatoms. The van der Waals surface area contributed by atoms with Gasteiger partial charge in [-0.25, -0.2) is 4.68 Å². The van der Waals surface area contributed by atoms with E-state index < -0.39 is 0 Å². The third-order valence-corrected chi connectivity index (χ3v) is 2.33. The quantitative estimate of drug-likeness (QED) is 0.737. The Bertz CT molecular complexity index is 430. The highest BCUT2D eigenvalue weighted by Gasteiger charge is 2.15. The van der Waals surface area contributed by atoms with Crippen molar-refractivity contribution in [1.29, 1.82) is 0 Å². The molecule has 1 amide bonds. The molecule has 1 atom stereocenters. The molecule has 3 N–H and O–H groups in total. The Hall–Kier alpha value is -1.63. The van der Waals surface area contributed by atoms with Crippen molar-refractivity contribution in [3.63, 3.8) is 0 Å². The number of methoxy groups -OCH3 is 1. The van der Waals surface area contributed by atoms with Crippen LogP contribution >= 0.6 is 12.2 Å². The van der Waals surface area contributed by atoms with Gasteiger partial charge in [-0.1, -0.05) is 12.2 Å². The Balaban J connectivity index is 2.66. The van der Waals surface area contributed by atoms with Gasteiger partial charge in [-0.3, -0.25) is 4.79 Å². The first kappa shape index (κ1) is 13.4. The Morgan fingerprint density at radius 1 is 1.76 bits per heavy atom. The van der Waals surface area contributed by atoms with Crippen molar-refractivity contribution in [1.82, 2.24) is 15.1 Å². The van der Waals surface area contributed by atoms with Gasteiger partial charge in [-0.05, 0) is 6.92 Å². The molecule has 0 aliphatic heterocycles. The van der Waals surface area contributed by atoms with Gasteiger partial charge in [0, 0.05) is 25.6 Å². The van der Waals surface area contributed by atoms with Crippen molar-refractivity contribution in [3.05, 3.63) is 11.8 Å². The van der Waals surface area contributed by atoms with E-state index in [2.05, 4.69) is 10.4 Å². The molecule has 6 nitrogen and oxygen atoms in total. The molecule has 17 heavy (non-hydrogen) atoms. The summed E-state index contributed by atoms with van der Waals surface area (Å²) >= 11 is 4.77. The van der Waals surface area contributed by atoms with E-state index in [4.69, 9.17) is 22.7 Å². The SMILES string of the molecule is COc1cc(C(=O)NC(C)CC(N)=S)nn1C. The zero-order valence-electron chi connectivity index (χ0n) is 10.1. The fourth-order valence-corrected chi connectivity index (χ4v) is 1.65. The first-order valence-corrected chi connectivity index (χ1v) is 5.52. The summed E-state index contributed by atoms with van der Waals surface area (Å²) in [4.78, 5) is 12.2. The van der Waals surface area contributed by atoms with Gasteiger partial charge in [0.05, 0.1) is 12.1 Å². The summed E-state index contributed by atoms with van der Waals surface area (Å²) in [5, 5.41) is 6.78. The zero-order chi connectivity index (χ0) is 13.0. The minimum atomic E-state index is -0.271. The number of carbonyl (C=O) groups is 1. The second-order valence-electron chi connectivity index (χ2n) is 3.74. The predicted molar refractivity (Wildman–Crippen MR) is 68.1 cm³/mol. The van der Waals surface area contributed by atoms with Gasteiger partial charge in [0.25, 0.3) is 5.91 Å². The minimum Gasteiger partial charge on any atom is -0.481 e. The number of thiocarbonyl (C=S) groups is 1. The average Bonchev–Trinajstić information content (AvgIpc) is 2.58. The van der Waals surface area contributed by atoms with Crippen LogP contribution < -0.4 is 15.8 Å². The first-order chi connectivity index (χ1) is 7.93. The number of ether oxygens (including phenoxy) is 1. The molecular weight excluding hydrogens is 240 g/mol. The van der Waals surface area contributed by atoms with Crippen LogP contribution in [0.15, 0.2) is 6.07 Å². The maximum atomic E-state index is 11.8. The molecule has 1 aromatic rings. The van der Waals surface area contributed by atoms with Crippen LogP contribution in [0.2, 0.25) is 0 Å². The molecule has 1 aromatic heterocycles. The minimum absolute atomic E-state index is 0.118.